The standard InChI is InChI=1S/C67H43NS/c1-5-21-44(22-6-1)48-41-49(45-23-7-2-8-24-45)43-50(42-48)68(65-51(46-25-9-3-10-26-46)32-19-33-52(65)47-27-11-4-12-28-47)61-37-20-36-59-63(61)55-30-13-16-34-57(55)67(59)58-35-17-14-31-56(58)64-60(67)40-39-54-53-29-15-18-38-62(53)69-66(54)64/h1-43H. The Morgan fingerprint density at radius 1 is 0.304 bits per heavy atom. The number of rotatable bonds is 7. The van der Waals surface area contributed by atoms with Crippen LogP contribution in [0.2, 0.25) is 0 Å². The molecule has 0 radical (unpaired) electrons. The molecule has 0 fully saturated rings. The van der Waals surface area contributed by atoms with Gasteiger partial charge in [-0.3, -0.25) is 0 Å². The lowest BCUT2D eigenvalue weighted by molar-refractivity contribution is 0.794. The molecule has 14 rings (SSSR count). The number of para-hydroxylation sites is 1. The zero-order valence-corrected chi connectivity index (χ0v) is 38.5. The molecule has 1 aromatic heterocycles. The van der Waals surface area contributed by atoms with Crippen LogP contribution in [-0.4, -0.2) is 0 Å². The minimum atomic E-state index is -0.549. The van der Waals surface area contributed by atoms with Crippen molar-refractivity contribution in [1.29, 1.82) is 0 Å². The summed E-state index contributed by atoms with van der Waals surface area (Å²) in [6, 6.07) is 97.0. The Bertz CT molecular complexity index is 3830. The first kappa shape index (κ1) is 39.6. The monoisotopic (exact) mass is 893 g/mol. The van der Waals surface area contributed by atoms with Gasteiger partial charge in [0.1, 0.15) is 0 Å². The fraction of sp³-hybridized carbons (Fsp3) is 0.0149. The van der Waals surface area contributed by atoms with Gasteiger partial charge in [0.25, 0.3) is 0 Å². The summed E-state index contributed by atoms with van der Waals surface area (Å²) in [6.45, 7) is 0. The van der Waals surface area contributed by atoms with Crippen molar-refractivity contribution in [3.8, 4) is 66.8 Å². The predicted molar refractivity (Wildman–Crippen MR) is 292 cm³/mol. The van der Waals surface area contributed by atoms with Crippen molar-refractivity contribution in [2.45, 2.75) is 5.41 Å². The number of benzene rings is 11. The van der Waals surface area contributed by atoms with Crippen LogP contribution in [0.1, 0.15) is 22.3 Å². The Kier molecular flexibility index (Phi) is 9.05. The van der Waals surface area contributed by atoms with Gasteiger partial charge in [0.05, 0.1) is 16.8 Å². The maximum absolute atomic E-state index is 2.61. The number of hydrogen-bond donors (Lipinski definition) is 0. The van der Waals surface area contributed by atoms with E-state index < -0.39 is 5.41 Å². The Labute approximate surface area is 406 Å². The average Bonchev–Trinajstić information content (AvgIpc) is 4.07. The van der Waals surface area contributed by atoms with Crippen molar-refractivity contribution in [3.05, 3.63) is 283 Å². The van der Waals surface area contributed by atoms with Crippen LogP contribution in [0.5, 0.6) is 0 Å². The summed E-state index contributed by atoms with van der Waals surface area (Å²) >= 11 is 1.93. The van der Waals surface area contributed by atoms with Gasteiger partial charge >= 0.3 is 0 Å². The zero-order valence-electron chi connectivity index (χ0n) is 37.7. The minimum Gasteiger partial charge on any atom is -0.309 e. The van der Waals surface area contributed by atoms with E-state index in [0.717, 1.165) is 50.4 Å². The highest BCUT2D eigenvalue weighted by Crippen LogP contribution is 2.66. The van der Waals surface area contributed by atoms with E-state index in [9.17, 15) is 0 Å². The zero-order chi connectivity index (χ0) is 45.5. The molecule has 1 spiro atoms. The summed E-state index contributed by atoms with van der Waals surface area (Å²) in [4.78, 5) is 2.61. The van der Waals surface area contributed by atoms with Crippen LogP contribution in [-0.2, 0) is 5.41 Å². The van der Waals surface area contributed by atoms with E-state index in [-0.39, 0.29) is 0 Å². The molecular formula is C67H43NS. The third-order valence-electron chi connectivity index (χ3n) is 14.7. The molecule has 1 nitrogen and oxygen atoms in total. The fourth-order valence-electron chi connectivity index (χ4n) is 11.8. The lowest BCUT2D eigenvalue weighted by Crippen LogP contribution is -2.26. The van der Waals surface area contributed by atoms with E-state index in [0.29, 0.717) is 0 Å². The summed E-state index contributed by atoms with van der Waals surface area (Å²) in [5, 5.41) is 2.65. The highest BCUT2D eigenvalue weighted by molar-refractivity contribution is 7.26. The van der Waals surface area contributed by atoms with Crippen LogP contribution < -0.4 is 4.90 Å². The first-order valence-electron chi connectivity index (χ1n) is 23.8. The number of thiophene rings is 1. The molecule has 0 saturated carbocycles. The second-order valence-electron chi connectivity index (χ2n) is 18.3. The normalized spacial score (nSPS) is 14.1. The van der Waals surface area contributed by atoms with Crippen LogP contribution >= 0.6 is 11.3 Å². The van der Waals surface area contributed by atoms with Crippen LogP contribution in [0.4, 0.5) is 17.1 Å². The van der Waals surface area contributed by atoms with E-state index in [1.54, 1.807) is 0 Å². The van der Waals surface area contributed by atoms with Crippen molar-refractivity contribution in [3.63, 3.8) is 0 Å². The van der Waals surface area contributed by atoms with Gasteiger partial charge in [-0.1, -0.05) is 231 Å². The van der Waals surface area contributed by atoms with Crippen molar-refractivity contribution >= 4 is 48.6 Å². The summed E-state index contributed by atoms with van der Waals surface area (Å²) < 4.78 is 2.68. The molecule has 12 aromatic rings. The lowest BCUT2D eigenvalue weighted by atomic mass is 9.70. The average molecular weight is 894 g/mol. The maximum Gasteiger partial charge on any atom is 0.0726 e. The quantitative estimate of drug-likeness (QED) is 0.154. The van der Waals surface area contributed by atoms with Gasteiger partial charge < -0.3 is 4.90 Å². The van der Waals surface area contributed by atoms with Crippen LogP contribution in [0.25, 0.3) is 86.9 Å². The van der Waals surface area contributed by atoms with Gasteiger partial charge in [-0.2, -0.15) is 0 Å². The van der Waals surface area contributed by atoms with Gasteiger partial charge in [-0.25, -0.2) is 0 Å². The summed E-state index contributed by atoms with van der Waals surface area (Å²) in [5.41, 5.74) is 22.6. The maximum atomic E-state index is 2.61. The molecule has 0 N–H and O–H groups in total. The molecule has 2 heteroatoms. The molecule has 1 unspecified atom stereocenters. The number of hydrogen-bond acceptors (Lipinski definition) is 2. The molecule has 2 aliphatic rings. The summed E-state index contributed by atoms with van der Waals surface area (Å²) in [6.07, 6.45) is 0. The highest BCUT2D eigenvalue weighted by Gasteiger charge is 2.53. The van der Waals surface area contributed by atoms with Crippen LogP contribution in [0, 0.1) is 0 Å². The lowest BCUT2D eigenvalue weighted by Gasteiger charge is -2.34. The number of anilines is 3. The van der Waals surface area contributed by atoms with Crippen LogP contribution in [0.3, 0.4) is 0 Å². The van der Waals surface area contributed by atoms with Crippen LogP contribution in [0.15, 0.2) is 261 Å². The topological polar surface area (TPSA) is 3.24 Å². The van der Waals surface area contributed by atoms with Crippen molar-refractivity contribution in [2.75, 3.05) is 4.90 Å². The molecular weight excluding hydrogens is 851 g/mol. The van der Waals surface area contributed by atoms with E-state index in [1.165, 1.54) is 75.8 Å². The number of nitrogens with zero attached hydrogens (tertiary/aromatic N) is 1. The summed E-state index contributed by atoms with van der Waals surface area (Å²) in [5.74, 6) is 0. The molecule has 11 aromatic carbocycles. The van der Waals surface area contributed by atoms with Crippen molar-refractivity contribution < 1.29 is 0 Å². The molecule has 2 aliphatic carbocycles. The molecule has 0 amide bonds. The van der Waals surface area contributed by atoms with Gasteiger partial charge in [-0.05, 0) is 97.1 Å². The van der Waals surface area contributed by atoms with E-state index in [2.05, 4.69) is 266 Å². The Balaban J connectivity index is 1.13. The summed E-state index contributed by atoms with van der Waals surface area (Å²) in [7, 11) is 0. The Hall–Kier alpha value is -8.56. The Morgan fingerprint density at radius 3 is 1.38 bits per heavy atom. The first-order chi connectivity index (χ1) is 34.3. The predicted octanol–water partition coefficient (Wildman–Crippen LogP) is 18.5. The largest absolute Gasteiger partial charge is 0.309 e. The van der Waals surface area contributed by atoms with Gasteiger partial charge in [0.15, 0.2) is 0 Å². The second-order valence-corrected chi connectivity index (χ2v) is 19.3. The molecule has 0 bridgehead atoms. The SMILES string of the molecule is c1ccc(-c2cc(-c3ccccc3)cc(N(c3cccc4c3-c3ccccc3C43c4ccccc4-c4c3ccc3c4sc4ccccc43)c3c(-c4ccccc4)cccc3-c3ccccc3)c2)cc1. The van der Waals surface area contributed by atoms with E-state index in [4.69, 9.17) is 0 Å². The van der Waals surface area contributed by atoms with Crippen molar-refractivity contribution in [2.24, 2.45) is 0 Å². The second kappa shape index (κ2) is 15.8. The molecule has 69 heavy (non-hydrogen) atoms. The van der Waals surface area contributed by atoms with Gasteiger partial charge in [-0.15, -0.1) is 11.3 Å². The molecule has 1 heterocycles. The van der Waals surface area contributed by atoms with E-state index in [1.807, 2.05) is 11.3 Å². The third-order valence-corrected chi connectivity index (χ3v) is 15.9. The van der Waals surface area contributed by atoms with Gasteiger partial charge in [0, 0.05) is 48.1 Å². The molecule has 1 atom stereocenters. The van der Waals surface area contributed by atoms with Gasteiger partial charge in [0.2, 0.25) is 0 Å². The minimum absolute atomic E-state index is 0.549. The number of fused-ring (bicyclic) bond motifs is 14. The molecule has 0 saturated heterocycles. The smallest absolute Gasteiger partial charge is 0.0726 e. The third kappa shape index (κ3) is 5.96. The van der Waals surface area contributed by atoms with Crippen molar-refractivity contribution in [1.82, 2.24) is 0 Å². The fourth-order valence-corrected chi connectivity index (χ4v) is 13.1. The highest BCUT2D eigenvalue weighted by atomic mass is 32.1. The molecule has 322 valence electrons. The Morgan fingerprint density at radius 2 is 0.768 bits per heavy atom. The first-order valence-corrected chi connectivity index (χ1v) is 24.7. The molecule has 0 aliphatic heterocycles. The van der Waals surface area contributed by atoms with E-state index >= 15 is 0 Å².